The first-order valence-corrected chi connectivity index (χ1v) is 6.63. The van der Waals surface area contributed by atoms with Gasteiger partial charge in [-0.1, -0.05) is 19.8 Å². The second-order valence-electron chi connectivity index (χ2n) is 4.05. The van der Waals surface area contributed by atoms with Crippen LogP contribution in [0.2, 0.25) is 0 Å². The quantitative estimate of drug-likeness (QED) is 0.705. The number of hydrogen-bond acceptors (Lipinski definition) is 4. The molecule has 4 nitrogen and oxygen atoms in total. The number of unbranched alkanes of at least 4 members (excludes halogenated alkanes) is 2. The van der Waals surface area contributed by atoms with Crippen molar-refractivity contribution in [1.29, 1.82) is 0 Å². The van der Waals surface area contributed by atoms with E-state index in [9.17, 15) is 0 Å². The molecule has 0 aliphatic heterocycles. The van der Waals surface area contributed by atoms with E-state index in [-0.39, 0.29) is 0 Å². The Morgan fingerprint density at radius 2 is 1.94 bits per heavy atom. The molecule has 0 aliphatic rings. The normalized spacial score (nSPS) is 10.3. The van der Waals surface area contributed by atoms with Crippen molar-refractivity contribution in [2.45, 2.75) is 40.0 Å². The molecule has 0 bridgehead atoms. The summed E-state index contributed by atoms with van der Waals surface area (Å²) in [6.07, 6.45) is 5.53. The molecule has 0 radical (unpaired) electrons. The van der Waals surface area contributed by atoms with E-state index in [1.807, 2.05) is 12.3 Å². The summed E-state index contributed by atoms with van der Waals surface area (Å²) in [7, 11) is 0. The second kappa shape index (κ2) is 7.87. The zero-order valence-electron chi connectivity index (χ0n) is 11.2. The van der Waals surface area contributed by atoms with Gasteiger partial charge >= 0.3 is 0 Å². The molecule has 1 aromatic rings. The molecule has 0 fully saturated rings. The summed E-state index contributed by atoms with van der Waals surface area (Å²) < 4.78 is 0. The molecule has 0 aliphatic carbocycles. The minimum atomic E-state index is 0.815. The summed E-state index contributed by atoms with van der Waals surface area (Å²) in [6, 6.07) is 1.93. The third-order valence-electron chi connectivity index (χ3n) is 2.78. The zero-order valence-corrected chi connectivity index (χ0v) is 11.2. The largest absolute Gasteiger partial charge is 0.370 e. The van der Waals surface area contributed by atoms with E-state index in [1.54, 1.807) is 0 Å². The van der Waals surface area contributed by atoms with E-state index in [0.29, 0.717) is 0 Å². The van der Waals surface area contributed by atoms with Crippen molar-refractivity contribution in [2.75, 3.05) is 29.9 Å². The van der Waals surface area contributed by atoms with Gasteiger partial charge in [-0.25, -0.2) is 4.98 Å². The molecule has 0 spiro atoms. The summed E-state index contributed by atoms with van der Waals surface area (Å²) in [5.74, 6) is 1.74. The molecular weight excluding hydrogens is 212 g/mol. The molecule has 0 saturated carbocycles. The number of anilines is 2. The van der Waals surface area contributed by atoms with Crippen molar-refractivity contribution in [3.05, 3.63) is 12.3 Å². The van der Waals surface area contributed by atoms with Crippen molar-refractivity contribution < 1.29 is 0 Å². The Bertz CT molecular complexity index is 310. The van der Waals surface area contributed by atoms with Crippen LogP contribution in [0.5, 0.6) is 0 Å². The molecular formula is C13H24N4. The fourth-order valence-electron chi connectivity index (χ4n) is 1.70. The fourth-order valence-corrected chi connectivity index (χ4v) is 1.70. The highest BCUT2D eigenvalue weighted by Crippen LogP contribution is 2.10. The smallest absolute Gasteiger partial charge is 0.227 e. The lowest BCUT2D eigenvalue weighted by Crippen LogP contribution is -2.24. The Morgan fingerprint density at radius 3 is 2.59 bits per heavy atom. The highest BCUT2D eigenvalue weighted by Gasteiger charge is 2.05. The summed E-state index contributed by atoms with van der Waals surface area (Å²) in [4.78, 5) is 11.0. The lowest BCUT2D eigenvalue weighted by molar-refractivity contribution is 0.741. The maximum Gasteiger partial charge on any atom is 0.227 e. The van der Waals surface area contributed by atoms with Gasteiger partial charge in [-0.2, -0.15) is 4.98 Å². The maximum atomic E-state index is 4.52. The van der Waals surface area contributed by atoms with Crippen LogP contribution in [0, 0.1) is 0 Å². The van der Waals surface area contributed by atoms with Gasteiger partial charge in [0.15, 0.2) is 0 Å². The number of rotatable bonds is 8. The van der Waals surface area contributed by atoms with Crippen molar-refractivity contribution in [1.82, 2.24) is 9.97 Å². The highest BCUT2D eigenvalue weighted by molar-refractivity contribution is 5.40. The van der Waals surface area contributed by atoms with Crippen LogP contribution in [0.3, 0.4) is 0 Å². The zero-order chi connectivity index (χ0) is 12.5. The Morgan fingerprint density at radius 1 is 1.18 bits per heavy atom. The predicted molar refractivity (Wildman–Crippen MR) is 73.6 cm³/mol. The number of aromatic nitrogens is 2. The Hall–Kier alpha value is -1.32. The van der Waals surface area contributed by atoms with Crippen molar-refractivity contribution in [3.8, 4) is 0 Å². The molecule has 1 rings (SSSR count). The first-order valence-electron chi connectivity index (χ1n) is 6.63. The van der Waals surface area contributed by atoms with Crippen molar-refractivity contribution in [2.24, 2.45) is 0 Å². The van der Waals surface area contributed by atoms with Crippen LogP contribution < -0.4 is 10.2 Å². The van der Waals surface area contributed by atoms with E-state index >= 15 is 0 Å². The molecule has 17 heavy (non-hydrogen) atoms. The van der Waals surface area contributed by atoms with Crippen molar-refractivity contribution >= 4 is 11.8 Å². The summed E-state index contributed by atoms with van der Waals surface area (Å²) >= 11 is 0. The Labute approximate surface area is 104 Å². The van der Waals surface area contributed by atoms with Gasteiger partial charge in [0.05, 0.1) is 0 Å². The van der Waals surface area contributed by atoms with E-state index in [4.69, 9.17) is 0 Å². The SMILES string of the molecule is CCCCCNc1ccnc(N(CC)CC)n1. The molecule has 0 aromatic carbocycles. The van der Waals surface area contributed by atoms with Gasteiger partial charge in [0.1, 0.15) is 5.82 Å². The van der Waals surface area contributed by atoms with Gasteiger partial charge in [-0.3, -0.25) is 0 Å². The monoisotopic (exact) mass is 236 g/mol. The van der Waals surface area contributed by atoms with Crippen LogP contribution in [-0.4, -0.2) is 29.6 Å². The van der Waals surface area contributed by atoms with Crippen LogP contribution in [0.15, 0.2) is 12.3 Å². The average molecular weight is 236 g/mol. The van der Waals surface area contributed by atoms with Crippen LogP contribution in [-0.2, 0) is 0 Å². The first-order chi connectivity index (χ1) is 8.31. The van der Waals surface area contributed by atoms with Crippen LogP contribution in [0.1, 0.15) is 40.0 Å². The van der Waals surface area contributed by atoms with Gasteiger partial charge in [-0.15, -0.1) is 0 Å². The summed E-state index contributed by atoms with van der Waals surface area (Å²) in [5.41, 5.74) is 0. The lowest BCUT2D eigenvalue weighted by Gasteiger charge is -2.18. The molecule has 1 heterocycles. The van der Waals surface area contributed by atoms with Gasteiger partial charge in [0, 0.05) is 25.8 Å². The van der Waals surface area contributed by atoms with Crippen LogP contribution in [0.25, 0.3) is 0 Å². The van der Waals surface area contributed by atoms with Gasteiger partial charge in [0.2, 0.25) is 5.95 Å². The second-order valence-corrected chi connectivity index (χ2v) is 4.05. The van der Waals surface area contributed by atoms with E-state index in [1.165, 1.54) is 19.3 Å². The van der Waals surface area contributed by atoms with Crippen LogP contribution >= 0.6 is 0 Å². The predicted octanol–water partition coefficient (Wildman–Crippen LogP) is 2.92. The molecule has 0 amide bonds. The third kappa shape index (κ3) is 4.59. The standard InChI is InChI=1S/C13H24N4/c1-4-7-8-10-14-12-9-11-15-13(16-12)17(5-2)6-3/h9,11H,4-8,10H2,1-3H3,(H,14,15,16). The van der Waals surface area contributed by atoms with E-state index in [0.717, 1.165) is 31.4 Å². The Balaban J connectivity index is 2.53. The van der Waals surface area contributed by atoms with Gasteiger partial charge < -0.3 is 10.2 Å². The molecule has 0 saturated heterocycles. The van der Waals surface area contributed by atoms with E-state index in [2.05, 4.69) is 41.0 Å². The highest BCUT2D eigenvalue weighted by atomic mass is 15.3. The molecule has 0 unspecified atom stereocenters. The average Bonchev–Trinajstić information content (AvgIpc) is 2.37. The first kappa shape index (κ1) is 13.7. The molecule has 1 N–H and O–H groups in total. The Kier molecular flexibility index (Phi) is 6.37. The maximum absolute atomic E-state index is 4.52. The van der Waals surface area contributed by atoms with Crippen molar-refractivity contribution in [3.63, 3.8) is 0 Å². The molecule has 1 aromatic heterocycles. The number of hydrogen-bond donors (Lipinski definition) is 1. The lowest BCUT2D eigenvalue weighted by atomic mass is 10.2. The number of nitrogens with one attached hydrogen (secondary N) is 1. The van der Waals surface area contributed by atoms with E-state index < -0.39 is 0 Å². The fraction of sp³-hybridized carbons (Fsp3) is 0.692. The minimum absolute atomic E-state index is 0.815. The van der Waals surface area contributed by atoms with Gasteiger partial charge in [-0.05, 0) is 26.3 Å². The molecule has 0 atom stereocenters. The topological polar surface area (TPSA) is 41.1 Å². The molecule has 96 valence electrons. The number of nitrogens with zero attached hydrogens (tertiary/aromatic N) is 3. The summed E-state index contributed by atoms with van der Waals surface area (Å²) in [5, 5.41) is 3.35. The molecule has 4 heteroatoms. The van der Waals surface area contributed by atoms with Gasteiger partial charge in [0.25, 0.3) is 0 Å². The third-order valence-corrected chi connectivity index (χ3v) is 2.78. The summed E-state index contributed by atoms with van der Waals surface area (Å²) in [6.45, 7) is 9.32. The van der Waals surface area contributed by atoms with Crippen LogP contribution in [0.4, 0.5) is 11.8 Å². The minimum Gasteiger partial charge on any atom is -0.370 e.